The highest BCUT2D eigenvalue weighted by Gasteiger charge is 2.42. The normalized spacial score (nSPS) is 23.3. The summed E-state index contributed by atoms with van der Waals surface area (Å²) in [5, 5.41) is 8.38. The number of fused-ring (bicyclic) bond motifs is 1. The molecule has 0 aromatic heterocycles. The first-order chi connectivity index (χ1) is 13.0. The second-order valence-corrected chi connectivity index (χ2v) is 8.18. The van der Waals surface area contributed by atoms with Crippen LogP contribution in [0.25, 0.3) is 6.08 Å². The quantitative estimate of drug-likeness (QED) is 0.626. The van der Waals surface area contributed by atoms with Gasteiger partial charge in [0.1, 0.15) is 0 Å². The van der Waals surface area contributed by atoms with Crippen molar-refractivity contribution in [2.24, 2.45) is 16.8 Å². The summed E-state index contributed by atoms with van der Waals surface area (Å²) in [5.41, 5.74) is 10.6. The van der Waals surface area contributed by atoms with Gasteiger partial charge in [-0.15, -0.1) is 0 Å². The van der Waals surface area contributed by atoms with Crippen molar-refractivity contribution >= 4 is 52.3 Å². The molecular formula is C21H19Cl2N3S. The zero-order valence-corrected chi connectivity index (χ0v) is 16.9. The largest absolute Gasteiger partial charge is 0.375 e. The fraction of sp³-hybridized carbons (Fsp3) is 0.238. The van der Waals surface area contributed by atoms with E-state index >= 15 is 0 Å². The number of rotatable bonds is 2. The Morgan fingerprint density at radius 2 is 1.70 bits per heavy atom. The Bertz CT molecular complexity index is 919. The Hall–Kier alpha value is -1.88. The summed E-state index contributed by atoms with van der Waals surface area (Å²) in [7, 11) is 0. The molecule has 0 radical (unpaired) electrons. The Morgan fingerprint density at radius 1 is 1.07 bits per heavy atom. The van der Waals surface area contributed by atoms with Gasteiger partial charge >= 0.3 is 0 Å². The van der Waals surface area contributed by atoms with Crippen LogP contribution in [0.5, 0.6) is 0 Å². The molecule has 1 heterocycles. The predicted molar refractivity (Wildman–Crippen MR) is 117 cm³/mol. The minimum Gasteiger partial charge on any atom is -0.375 e. The average molecular weight is 416 g/mol. The monoisotopic (exact) mass is 415 g/mol. The fourth-order valence-corrected chi connectivity index (χ4v) is 4.34. The highest BCUT2D eigenvalue weighted by molar-refractivity contribution is 7.80. The summed E-state index contributed by atoms with van der Waals surface area (Å²) in [6, 6.07) is 15.8. The maximum absolute atomic E-state index is 6.07. The molecule has 2 atom stereocenters. The lowest BCUT2D eigenvalue weighted by molar-refractivity contribution is 0.305. The van der Waals surface area contributed by atoms with E-state index in [1.54, 1.807) is 5.01 Å². The van der Waals surface area contributed by atoms with Crippen LogP contribution in [0.3, 0.4) is 0 Å². The number of nitrogens with zero attached hydrogens (tertiary/aromatic N) is 2. The molecule has 4 rings (SSSR count). The van der Waals surface area contributed by atoms with Crippen LogP contribution in [0, 0.1) is 5.92 Å². The molecule has 0 saturated heterocycles. The highest BCUT2D eigenvalue weighted by atomic mass is 35.5. The van der Waals surface area contributed by atoms with Crippen LogP contribution in [0.4, 0.5) is 0 Å². The van der Waals surface area contributed by atoms with E-state index in [1.807, 2.05) is 48.5 Å². The Kier molecular flexibility index (Phi) is 5.22. The van der Waals surface area contributed by atoms with Gasteiger partial charge in [0.05, 0.1) is 11.8 Å². The zero-order valence-electron chi connectivity index (χ0n) is 14.6. The Morgan fingerprint density at radius 3 is 2.33 bits per heavy atom. The minimum absolute atomic E-state index is 0.0173. The van der Waals surface area contributed by atoms with Gasteiger partial charge in [0, 0.05) is 16.0 Å². The Balaban J connectivity index is 1.72. The van der Waals surface area contributed by atoms with Crippen LogP contribution in [-0.2, 0) is 0 Å². The number of hydrogen-bond donors (Lipinski definition) is 1. The maximum Gasteiger partial charge on any atom is 0.187 e. The van der Waals surface area contributed by atoms with Crippen molar-refractivity contribution in [1.29, 1.82) is 0 Å². The molecule has 1 aliphatic heterocycles. The summed E-state index contributed by atoms with van der Waals surface area (Å²) >= 11 is 17.4. The number of halogens is 2. The highest BCUT2D eigenvalue weighted by Crippen LogP contribution is 2.44. The molecule has 3 nitrogen and oxygen atoms in total. The first-order valence-corrected chi connectivity index (χ1v) is 10.1. The average Bonchev–Trinajstić information content (AvgIpc) is 3.05. The van der Waals surface area contributed by atoms with Gasteiger partial charge in [0.2, 0.25) is 0 Å². The Labute approximate surface area is 174 Å². The second-order valence-electron chi connectivity index (χ2n) is 6.88. The lowest BCUT2D eigenvalue weighted by Crippen LogP contribution is -2.34. The number of allylic oxidation sites excluding steroid dienone is 1. The summed E-state index contributed by atoms with van der Waals surface area (Å²) in [4.78, 5) is 0. The van der Waals surface area contributed by atoms with Crippen LogP contribution >= 0.6 is 35.4 Å². The van der Waals surface area contributed by atoms with Crippen LogP contribution in [0.1, 0.15) is 36.4 Å². The van der Waals surface area contributed by atoms with E-state index in [9.17, 15) is 0 Å². The molecule has 0 bridgehead atoms. The minimum atomic E-state index is 0.0173. The smallest absolute Gasteiger partial charge is 0.187 e. The number of nitrogens with two attached hydrogens (primary N) is 1. The van der Waals surface area contributed by atoms with E-state index in [0.29, 0.717) is 10.1 Å². The van der Waals surface area contributed by atoms with E-state index < -0.39 is 0 Å². The van der Waals surface area contributed by atoms with Crippen molar-refractivity contribution in [1.82, 2.24) is 5.01 Å². The van der Waals surface area contributed by atoms with E-state index in [0.717, 1.165) is 41.1 Å². The predicted octanol–water partition coefficient (Wildman–Crippen LogP) is 5.83. The van der Waals surface area contributed by atoms with Gasteiger partial charge < -0.3 is 5.73 Å². The molecular weight excluding hydrogens is 397 g/mol. The molecule has 6 heteroatoms. The molecule has 1 saturated carbocycles. The van der Waals surface area contributed by atoms with Crippen LogP contribution in [-0.4, -0.2) is 15.8 Å². The van der Waals surface area contributed by atoms with Crippen molar-refractivity contribution in [3.05, 3.63) is 75.3 Å². The molecule has 2 N–H and O–H groups in total. The van der Waals surface area contributed by atoms with E-state index in [1.165, 1.54) is 5.57 Å². The van der Waals surface area contributed by atoms with Gasteiger partial charge in [0.25, 0.3) is 0 Å². The third kappa shape index (κ3) is 3.75. The van der Waals surface area contributed by atoms with Crippen LogP contribution in [0.2, 0.25) is 10.0 Å². The maximum atomic E-state index is 6.07. The fourth-order valence-electron chi connectivity index (χ4n) is 3.94. The molecule has 2 aromatic carbocycles. The molecule has 2 aromatic rings. The number of hydrazone groups is 1. The third-order valence-electron chi connectivity index (χ3n) is 5.15. The summed E-state index contributed by atoms with van der Waals surface area (Å²) in [5.74, 6) is 0.264. The van der Waals surface area contributed by atoms with Gasteiger partial charge in [0.15, 0.2) is 5.11 Å². The van der Waals surface area contributed by atoms with Crippen molar-refractivity contribution in [3.63, 3.8) is 0 Å². The first kappa shape index (κ1) is 18.5. The van der Waals surface area contributed by atoms with Gasteiger partial charge in [-0.2, -0.15) is 5.10 Å². The zero-order chi connectivity index (χ0) is 19.0. The SMILES string of the molecule is NC(=S)N1N=C2/C(=C/c3ccc(Cl)cc3)CCC[C@@H]2[C@@H]1c1ccc(Cl)cc1. The van der Waals surface area contributed by atoms with Gasteiger partial charge in [-0.3, -0.25) is 0 Å². The molecule has 27 heavy (non-hydrogen) atoms. The van der Waals surface area contributed by atoms with Crippen molar-refractivity contribution in [3.8, 4) is 0 Å². The summed E-state index contributed by atoms with van der Waals surface area (Å²) in [6.45, 7) is 0. The van der Waals surface area contributed by atoms with Crippen molar-refractivity contribution < 1.29 is 0 Å². The van der Waals surface area contributed by atoms with E-state index in [2.05, 4.69) is 6.08 Å². The second kappa shape index (κ2) is 7.63. The van der Waals surface area contributed by atoms with E-state index in [-0.39, 0.29) is 12.0 Å². The topological polar surface area (TPSA) is 41.6 Å². The lowest BCUT2D eigenvalue weighted by Gasteiger charge is -2.29. The molecule has 138 valence electrons. The number of hydrogen-bond acceptors (Lipinski definition) is 2. The molecule has 2 aliphatic rings. The van der Waals surface area contributed by atoms with Gasteiger partial charge in [-0.05, 0) is 78.5 Å². The number of benzene rings is 2. The third-order valence-corrected chi connectivity index (χ3v) is 5.84. The van der Waals surface area contributed by atoms with Crippen molar-refractivity contribution in [2.75, 3.05) is 0 Å². The van der Waals surface area contributed by atoms with Gasteiger partial charge in [-0.1, -0.05) is 47.5 Å². The van der Waals surface area contributed by atoms with Crippen LogP contribution in [0.15, 0.2) is 59.2 Å². The molecule has 1 fully saturated rings. The summed E-state index contributed by atoms with van der Waals surface area (Å²) < 4.78 is 0. The standard InChI is InChI=1S/C21H19Cl2N3S/c22-16-8-4-13(5-9-16)12-15-2-1-3-18-19(15)25-26(21(24)27)20(18)14-6-10-17(23)11-7-14/h4-12,18,20H,1-3H2,(H2,24,27)/b15-12+/t18-,20-/m0/s1. The first-order valence-electron chi connectivity index (χ1n) is 8.92. The molecule has 0 amide bonds. The lowest BCUT2D eigenvalue weighted by atomic mass is 9.77. The summed E-state index contributed by atoms with van der Waals surface area (Å²) in [6.07, 6.45) is 5.36. The molecule has 1 aliphatic carbocycles. The van der Waals surface area contributed by atoms with E-state index in [4.69, 9.17) is 46.3 Å². The number of thiocarbonyl (C=S) groups is 1. The van der Waals surface area contributed by atoms with Crippen molar-refractivity contribution in [2.45, 2.75) is 25.3 Å². The van der Waals surface area contributed by atoms with Gasteiger partial charge in [-0.25, -0.2) is 5.01 Å². The molecule has 0 unspecified atom stereocenters. The molecule has 0 spiro atoms. The van der Waals surface area contributed by atoms with Crippen LogP contribution < -0.4 is 5.73 Å².